The zero-order valence-electron chi connectivity index (χ0n) is 15.9. The highest BCUT2D eigenvalue weighted by Crippen LogP contribution is 2.23. The Morgan fingerprint density at radius 1 is 1.26 bits per heavy atom. The normalized spacial score (nSPS) is 18.1. The summed E-state index contributed by atoms with van der Waals surface area (Å²) >= 11 is 0. The lowest BCUT2D eigenvalue weighted by atomic mass is 10.0. The van der Waals surface area contributed by atoms with Crippen LogP contribution < -0.4 is 0 Å². The summed E-state index contributed by atoms with van der Waals surface area (Å²) in [5.41, 5.74) is 1.66. The van der Waals surface area contributed by atoms with Crippen molar-refractivity contribution in [1.29, 1.82) is 0 Å². The van der Waals surface area contributed by atoms with Gasteiger partial charge in [0.25, 0.3) is 5.91 Å². The summed E-state index contributed by atoms with van der Waals surface area (Å²) in [7, 11) is 0. The van der Waals surface area contributed by atoms with E-state index in [2.05, 4.69) is 0 Å². The summed E-state index contributed by atoms with van der Waals surface area (Å²) in [6, 6.07) is 7.83. The van der Waals surface area contributed by atoms with Gasteiger partial charge in [0.05, 0.1) is 12.3 Å². The molecule has 2 aromatic rings. The Morgan fingerprint density at radius 2 is 1.96 bits per heavy atom. The van der Waals surface area contributed by atoms with Gasteiger partial charge in [0, 0.05) is 31.6 Å². The SMILES string of the molecule is Cc1ccoc1C(=O)N1CCC(=O)N(Cc2ccc(F)cc2)[C@H](C(C)C)C1. The molecule has 1 fully saturated rings. The van der Waals surface area contributed by atoms with Crippen molar-refractivity contribution in [2.75, 3.05) is 13.1 Å². The summed E-state index contributed by atoms with van der Waals surface area (Å²) in [6.45, 7) is 7.14. The molecule has 1 saturated heterocycles. The Balaban J connectivity index is 1.83. The van der Waals surface area contributed by atoms with Crippen molar-refractivity contribution in [2.45, 2.75) is 39.8 Å². The summed E-state index contributed by atoms with van der Waals surface area (Å²) < 4.78 is 18.5. The maximum Gasteiger partial charge on any atom is 0.289 e. The van der Waals surface area contributed by atoms with Crippen LogP contribution in [0.1, 0.15) is 41.9 Å². The van der Waals surface area contributed by atoms with Gasteiger partial charge in [0.1, 0.15) is 5.82 Å². The van der Waals surface area contributed by atoms with Gasteiger partial charge in [-0.1, -0.05) is 26.0 Å². The third-order valence-corrected chi connectivity index (χ3v) is 5.10. The molecule has 1 aliphatic rings. The number of hydrogen-bond acceptors (Lipinski definition) is 3. The predicted octanol–water partition coefficient (Wildman–Crippen LogP) is 3.63. The smallest absolute Gasteiger partial charge is 0.289 e. The molecule has 0 spiro atoms. The van der Waals surface area contributed by atoms with E-state index in [9.17, 15) is 14.0 Å². The monoisotopic (exact) mass is 372 g/mol. The van der Waals surface area contributed by atoms with E-state index >= 15 is 0 Å². The van der Waals surface area contributed by atoms with E-state index in [1.807, 2.05) is 25.7 Å². The molecule has 0 bridgehead atoms. The van der Waals surface area contributed by atoms with Gasteiger partial charge in [-0.15, -0.1) is 0 Å². The number of furan rings is 1. The molecule has 0 radical (unpaired) electrons. The second-order valence-corrected chi connectivity index (χ2v) is 7.39. The minimum atomic E-state index is -0.299. The van der Waals surface area contributed by atoms with Gasteiger partial charge >= 0.3 is 0 Å². The fourth-order valence-corrected chi connectivity index (χ4v) is 3.46. The molecule has 0 aliphatic carbocycles. The van der Waals surface area contributed by atoms with Crippen molar-refractivity contribution in [2.24, 2.45) is 5.92 Å². The molecule has 1 atom stereocenters. The topological polar surface area (TPSA) is 53.8 Å². The first-order chi connectivity index (χ1) is 12.9. The first-order valence-electron chi connectivity index (χ1n) is 9.24. The van der Waals surface area contributed by atoms with E-state index in [1.165, 1.54) is 18.4 Å². The average molecular weight is 372 g/mol. The van der Waals surface area contributed by atoms with E-state index in [-0.39, 0.29) is 36.0 Å². The Kier molecular flexibility index (Phi) is 5.63. The molecule has 6 heteroatoms. The molecule has 3 rings (SSSR count). The Labute approximate surface area is 158 Å². The minimum Gasteiger partial charge on any atom is -0.459 e. The summed E-state index contributed by atoms with van der Waals surface area (Å²) in [4.78, 5) is 29.2. The number of benzene rings is 1. The standard InChI is InChI=1S/C21H25FN2O3/c1-14(2)18-13-23(21(26)20-15(3)9-11-27-20)10-8-19(25)24(18)12-16-4-6-17(22)7-5-16/h4-7,9,11,14,18H,8,10,12-13H2,1-3H3/t18-/m0/s1. The number of carbonyl (C=O) groups excluding carboxylic acids is 2. The van der Waals surface area contributed by atoms with Crippen LogP contribution in [-0.4, -0.2) is 40.7 Å². The van der Waals surface area contributed by atoms with E-state index in [1.54, 1.807) is 23.1 Å². The molecule has 5 nitrogen and oxygen atoms in total. The largest absolute Gasteiger partial charge is 0.459 e. The Hall–Kier alpha value is -2.63. The third-order valence-electron chi connectivity index (χ3n) is 5.10. The van der Waals surface area contributed by atoms with Gasteiger partial charge in [0.15, 0.2) is 5.76 Å². The lowest BCUT2D eigenvalue weighted by Gasteiger charge is -2.34. The van der Waals surface area contributed by atoms with Crippen LogP contribution >= 0.6 is 0 Å². The van der Waals surface area contributed by atoms with Crippen LogP contribution in [0.25, 0.3) is 0 Å². The molecule has 1 aromatic carbocycles. The quantitative estimate of drug-likeness (QED) is 0.824. The zero-order chi connectivity index (χ0) is 19.6. The van der Waals surface area contributed by atoms with Crippen molar-refractivity contribution in [3.05, 3.63) is 59.3 Å². The van der Waals surface area contributed by atoms with Crippen LogP contribution in [0.15, 0.2) is 41.0 Å². The van der Waals surface area contributed by atoms with E-state index in [0.29, 0.717) is 25.4 Å². The molecule has 2 heterocycles. The predicted molar refractivity (Wildman–Crippen MR) is 99.5 cm³/mol. The first kappa shape index (κ1) is 19.1. The summed E-state index contributed by atoms with van der Waals surface area (Å²) in [5.74, 6) is 0.0217. The molecule has 1 aliphatic heterocycles. The summed E-state index contributed by atoms with van der Waals surface area (Å²) in [6.07, 6.45) is 1.77. The second kappa shape index (κ2) is 7.94. The van der Waals surface area contributed by atoms with Gasteiger partial charge in [-0.3, -0.25) is 9.59 Å². The van der Waals surface area contributed by atoms with Crippen molar-refractivity contribution >= 4 is 11.8 Å². The maximum absolute atomic E-state index is 13.2. The number of carbonyl (C=O) groups is 2. The van der Waals surface area contributed by atoms with Crippen LogP contribution in [0.5, 0.6) is 0 Å². The molecule has 2 amide bonds. The van der Waals surface area contributed by atoms with Gasteiger partial charge < -0.3 is 14.2 Å². The van der Waals surface area contributed by atoms with Crippen LogP contribution in [0, 0.1) is 18.7 Å². The van der Waals surface area contributed by atoms with Gasteiger partial charge in [-0.2, -0.15) is 0 Å². The minimum absolute atomic E-state index is 0.00416. The number of nitrogens with zero attached hydrogens (tertiary/aromatic N) is 2. The van der Waals surface area contributed by atoms with E-state index in [4.69, 9.17) is 4.42 Å². The van der Waals surface area contributed by atoms with Crippen molar-refractivity contribution in [3.8, 4) is 0 Å². The number of halogens is 1. The number of amides is 2. The van der Waals surface area contributed by atoms with Crippen molar-refractivity contribution in [1.82, 2.24) is 9.80 Å². The van der Waals surface area contributed by atoms with Crippen LogP contribution in [0.3, 0.4) is 0 Å². The molecule has 27 heavy (non-hydrogen) atoms. The highest BCUT2D eigenvalue weighted by molar-refractivity contribution is 5.93. The number of rotatable bonds is 4. The molecule has 1 aromatic heterocycles. The molecule has 0 N–H and O–H groups in total. The number of aryl methyl sites for hydroxylation is 1. The second-order valence-electron chi connectivity index (χ2n) is 7.39. The van der Waals surface area contributed by atoms with Gasteiger partial charge in [-0.05, 0) is 36.6 Å². The fourth-order valence-electron chi connectivity index (χ4n) is 3.46. The van der Waals surface area contributed by atoms with Crippen molar-refractivity contribution < 1.29 is 18.4 Å². The molecular formula is C21H25FN2O3. The number of hydrogen-bond donors (Lipinski definition) is 0. The maximum atomic E-state index is 13.2. The lowest BCUT2D eigenvalue weighted by molar-refractivity contribution is -0.134. The molecule has 0 saturated carbocycles. The van der Waals surface area contributed by atoms with Crippen LogP contribution in [0.2, 0.25) is 0 Å². The molecular weight excluding hydrogens is 347 g/mol. The molecule has 0 unspecified atom stereocenters. The third kappa shape index (κ3) is 4.21. The van der Waals surface area contributed by atoms with E-state index in [0.717, 1.165) is 11.1 Å². The highest BCUT2D eigenvalue weighted by Gasteiger charge is 2.34. The van der Waals surface area contributed by atoms with Gasteiger partial charge in [0.2, 0.25) is 5.91 Å². The lowest BCUT2D eigenvalue weighted by Crippen LogP contribution is -2.47. The summed E-state index contributed by atoms with van der Waals surface area (Å²) in [5, 5.41) is 0. The first-order valence-corrected chi connectivity index (χ1v) is 9.24. The van der Waals surface area contributed by atoms with E-state index < -0.39 is 0 Å². The highest BCUT2D eigenvalue weighted by atomic mass is 19.1. The zero-order valence-corrected chi connectivity index (χ0v) is 15.9. The fraction of sp³-hybridized carbons (Fsp3) is 0.429. The van der Waals surface area contributed by atoms with Crippen LogP contribution in [0.4, 0.5) is 4.39 Å². The Bertz CT molecular complexity index is 813. The molecule has 144 valence electrons. The van der Waals surface area contributed by atoms with Crippen molar-refractivity contribution in [3.63, 3.8) is 0 Å². The van der Waals surface area contributed by atoms with Gasteiger partial charge in [-0.25, -0.2) is 4.39 Å². The Morgan fingerprint density at radius 3 is 2.56 bits per heavy atom. The van der Waals surface area contributed by atoms with Crippen LogP contribution in [-0.2, 0) is 11.3 Å². The average Bonchev–Trinajstić information content (AvgIpc) is 2.99.